The SMILES string of the molecule is CCOC1(c2nc(N)c(I)c(C3CC3)n2)CCCCC1. The number of nitrogen functional groups attached to an aromatic ring is 1. The van der Waals surface area contributed by atoms with Crippen molar-refractivity contribution < 1.29 is 4.74 Å². The normalized spacial score (nSPS) is 21.9. The molecule has 1 aromatic rings. The van der Waals surface area contributed by atoms with Gasteiger partial charge < -0.3 is 10.5 Å². The molecule has 20 heavy (non-hydrogen) atoms. The summed E-state index contributed by atoms with van der Waals surface area (Å²) >= 11 is 2.28. The van der Waals surface area contributed by atoms with Gasteiger partial charge in [0.2, 0.25) is 0 Å². The molecule has 0 radical (unpaired) electrons. The molecule has 2 saturated carbocycles. The van der Waals surface area contributed by atoms with Crippen LogP contribution in [0.3, 0.4) is 0 Å². The molecule has 0 amide bonds. The maximum atomic E-state index is 6.13. The molecule has 2 N–H and O–H groups in total. The Balaban J connectivity index is 2.02. The predicted octanol–water partition coefficient (Wildman–Crippen LogP) is 3.74. The van der Waals surface area contributed by atoms with Gasteiger partial charge >= 0.3 is 0 Å². The standard InChI is InChI=1S/C15H22IN3O/c1-2-20-15(8-4-3-5-9-15)14-18-12(10-6-7-10)11(16)13(17)19-14/h10H,2-9H2,1H3,(H2,17,18,19). The van der Waals surface area contributed by atoms with Crippen LogP contribution in [0.25, 0.3) is 0 Å². The molecule has 0 aromatic carbocycles. The largest absolute Gasteiger partial charge is 0.383 e. The average Bonchev–Trinajstić information content (AvgIpc) is 3.27. The summed E-state index contributed by atoms with van der Waals surface area (Å²) in [6.07, 6.45) is 8.16. The molecule has 1 heterocycles. The van der Waals surface area contributed by atoms with E-state index in [4.69, 9.17) is 15.5 Å². The Labute approximate surface area is 134 Å². The first-order chi connectivity index (χ1) is 9.66. The Kier molecular flexibility index (Phi) is 4.17. The minimum atomic E-state index is -0.297. The van der Waals surface area contributed by atoms with Crippen molar-refractivity contribution in [3.63, 3.8) is 0 Å². The minimum absolute atomic E-state index is 0.297. The van der Waals surface area contributed by atoms with Crippen molar-refractivity contribution in [1.82, 2.24) is 9.97 Å². The van der Waals surface area contributed by atoms with Crippen molar-refractivity contribution in [3.05, 3.63) is 15.1 Å². The molecule has 0 bridgehead atoms. The minimum Gasteiger partial charge on any atom is -0.383 e. The number of nitrogens with two attached hydrogens (primary N) is 1. The van der Waals surface area contributed by atoms with Gasteiger partial charge in [-0.25, -0.2) is 9.97 Å². The number of rotatable bonds is 4. The molecule has 0 aliphatic heterocycles. The molecule has 2 fully saturated rings. The van der Waals surface area contributed by atoms with Crippen molar-refractivity contribution in [2.45, 2.75) is 63.4 Å². The molecule has 1 aromatic heterocycles. The van der Waals surface area contributed by atoms with E-state index in [9.17, 15) is 0 Å². The quantitative estimate of drug-likeness (QED) is 0.800. The van der Waals surface area contributed by atoms with Crippen molar-refractivity contribution >= 4 is 28.4 Å². The highest BCUT2D eigenvalue weighted by atomic mass is 127. The highest BCUT2D eigenvalue weighted by Gasteiger charge is 2.39. The second-order valence-electron chi connectivity index (χ2n) is 5.89. The first-order valence-corrected chi connectivity index (χ1v) is 8.71. The summed E-state index contributed by atoms with van der Waals surface area (Å²) in [6, 6.07) is 0. The van der Waals surface area contributed by atoms with Crippen LogP contribution in [-0.4, -0.2) is 16.6 Å². The number of ether oxygens (including phenoxy) is 1. The summed E-state index contributed by atoms with van der Waals surface area (Å²) < 4.78 is 7.16. The number of hydrogen-bond acceptors (Lipinski definition) is 4. The van der Waals surface area contributed by atoms with Crippen LogP contribution < -0.4 is 5.73 Å². The van der Waals surface area contributed by atoms with Gasteiger partial charge in [-0.15, -0.1) is 0 Å². The Hall–Kier alpha value is -0.430. The lowest BCUT2D eigenvalue weighted by molar-refractivity contribution is -0.0767. The Morgan fingerprint density at radius 1 is 1.25 bits per heavy atom. The Morgan fingerprint density at radius 3 is 2.55 bits per heavy atom. The van der Waals surface area contributed by atoms with Crippen molar-refractivity contribution in [2.75, 3.05) is 12.3 Å². The van der Waals surface area contributed by atoms with Crippen LogP contribution in [0, 0.1) is 3.57 Å². The summed E-state index contributed by atoms with van der Waals surface area (Å²) in [6.45, 7) is 2.75. The zero-order valence-corrected chi connectivity index (χ0v) is 14.1. The van der Waals surface area contributed by atoms with E-state index < -0.39 is 0 Å². The number of nitrogens with zero attached hydrogens (tertiary/aromatic N) is 2. The zero-order valence-electron chi connectivity index (χ0n) is 12.0. The zero-order chi connectivity index (χ0) is 14.2. The Morgan fingerprint density at radius 2 is 1.95 bits per heavy atom. The molecule has 2 aliphatic carbocycles. The third kappa shape index (κ3) is 2.66. The highest BCUT2D eigenvalue weighted by molar-refractivity contribution is 14.1. The van der Waals surface area contributed by atoms with Gasteiger partial charge in [-0.05, 0) is 55.2 Å². The van der Waals surface area contributed by atoms with Gasteiger partial charge in [-0.2, -0.15) is 0 Å². The fourth-order valence-electron chi connectivity index (χ4n) is 3.15. The fraction of sp³-hybridized carbons (Fsp3) is 0.733. The number of aromatic nitrogens is 2. The molecule has 0 unspecified atom stereocenters. The Bertz CT molecular complexity index is 491. The van der Waals surface area contributed by atoms with E-state index >= 15 is 0 Å². The average molecular weight is 387 g/mol. The van der Waals surface area contributed by atoms with Gasteiger partial charge in [0.05, 0.1) is 9.26 Å². The van der Waals surface area contributed by atoms with Crippen LogP contribution in [0.4, 0.5) is 5.82 Å². The summed E-state index contributed by atoms with van der Waals surface area (Å²) in [5.41, 5.74) is 6.99. The van der Waals surface area contributed by atoms with Crippen molar-refractivity contribution in [2.24, 2.45) is 0 Å². The number of anilines is 1. The molecule has 0 atom stereocenters. The fourth-order valence-corrected chi connectivity index (χ4v) is 3.83. The van der Waals surface area contributed by atoms with Gasteiger partial charge in [-0.1, -0.05) is 19.3 Å². The third-order valence-electron chi connectivity index (χ3n) is 4.36. The van der Waals surface area contributed by atoms with Gasteiger partial charge in [-0.3, -0.25) is 0 Å². The monoisotopic (exact) mass is 387 g/mol. The molecule has 0 spiro atoms. The number of halogens is 1. The van der Waals surface area contributed by atoms with Crippen LogP contribution in [-0.2, 0) is 10.3 Å². The summed E-state index contributed by atoms with van der Waals surface area (Å²) in [5, 5.41) is 0. The van der Waals surface area contributed by atoms with Gasteiger partial charge in [0, 0.05) is 12.5 Å². The van der Waals surface area contributed by atoms with Crippen molar-refractivity contribution in [1.29, 1.82) is 0 Å². The second kappa shape index (κ2) is 5.75. The van der Waals surface area contributed by atoms with E-state index in [-0.39, 0.29) is 5.60 Å². The summed E-state index contributed by atoms with van der Waals surface area (Å²) in [5.74, 6) is 2.05. The van der Waals surface area contributed by atoms with Crippen LogP contribution in [0.1, 0.15) is 69.3 Å². The van der Waals surface area contributed by atoms with Gasteiger partial charge in [0.1, 0.15) is 11.4 Å². The summed E-state index contributed by atoms with van der Waals surface area (Å²) in [4.78, 5) is 9.48. The topological polar surface area (TPSA) is 61.0 Å². The second-order valence-corrected chi connectivity index (χ2v) is 6.97. The van der Waals surface area contributed by atoms with Crippen LogP contribution >= 0.6 is 22.6 Å². The lowest BCUT2D eigenvalue weighted by Gasteiger charge is -2.36. The summed E-state index contributed by atoms with van der Waals surface area (Å²) in [7, 11) is 0. The van der Waals surface area contributed by atoms with E-state index in [0.29, 0.717) is 18.3 Å². The van der Waals surface area contributed by atoms with E-state index in [0.717, 1.165) is 27.9 Å². The smallest absolute Gasteiger partial charge is 0.162 e. The molecular weight excluding hydrogens is 365 g/mol. The molecule has 4 nitrogen and oxygen atoms in total. The van der Waals surface area contributed by atoms with E-state index in [1.165, 1.54) is 32.1 Å². The number of hydrogen-bond donors (Lipinski definition) is 1. The lowest BCUT2D eigenvalue weighted by Crippen LogP contribution is -2.35. The van der Waals surface area contributed by atoms with Gasteiger partial charge in [0.25, 0.3) is 0 Å². The first kappa shape index (κ1) is 14.5. The highest BCUT2D eigenvalue weighted by Crippen LogP contribution is 2.44. The molecule has 2 aliphatic rings. The third-order valence-corrected chi connectivity index (χ3v) is 5.46. The van der Waals surface area contributed by atoms with E-state index in [1.54, 1.807) is 0 Å². The van der Waals surface area contributed by atoms with Gasteiger partial charge in [0.15, 0.2) is 5.82 Å². The maximum Gasteiger partial charge on any atom is 0.162 e. The van der Waals surface area contributed by atoms with Crippen LogP contribution in [0.15, 0.2) is 0 Å². The van der Waals surface area contributed by atoms with E-state index in [2.05, 4.69) is 27.6 Å². The molecular formula is C15H22IN3O. The van der Waals surface area contributed by atoms with Crippen molar-refractivity contribution in [3.8, 4) is 0 Å². The molecule has 0 saturated heterocycles. The molecule has 5 heteroatoms. The first-order valence-electron chi connectivity index (χ1n) is 7.63. The predicted molar refractivity (Wildman–Crippen MR) is 87.5 cm³/mol. The maximum absolute atomic E-state index is 6.13. The van der Waals surface area contributed by atoms with E-state index in [1.807, 2.05) is 6.92 Å². The lowest BCUT2D eigenvalue weighted by atomic mass is 9.83. The van der Waals surface area contributed by atoms with Crippen LogP contribution in [0.5, 0.6) is 0 Å². The van der Waals surface area contributed by atoms with Crippen LogP contribution in [0.2, 0.25) is 0 Å². The molecule has 3 rings (SSSR count). The molecule has 110 valence electrons.